The van der Waals surface area contributed by atoms with Gasteiger partial charge in [0.15, 0.2) is 0 Å². The van der Waals surface area contributed by atoms with Gasteiger partial charge in [-0.1, -0.05) is 109 Å². The maximum atomic E-state index is 12.2. The average Bonchev–Trinajstić information content (AvgIpc) is 3.21. The van der Waals surface area contributed by atoms with Gasteiger partial charge in [-0.15, -0.1) is 0 Å². The number of hydrogen-bond donors (Lipinski definition) is 2. The standard InChI is InChI=1S/C28H22N3O2P/c32-27-26(29-28(33)30-27)20-21-12-10-11-19-25(21)31-34(22-13-4-1-5-14-22,23-15-6-2-7-16-23)24-17-8-3-9-18-24/h1-20H,(H2,29,30,32,33)/b26-20-. The molecule has 166 valence electrons. The Bertz CT molecular complexity index is 1330. The Morgan fingerprint density at radius 1 is 0.588 bits per heavy atom. The van der Waals surface area contributed by atoms with Crippen molar-refractivity contribution in [1.82, 2.24) is 10.6 Å². The van der Waals surface area contributed by atoms with E-state index in [0.717, 1.165) is 27.2 Å². The molecule has 5 nitrogen and oxygen atoms in total. The molecule has 6 heteroatoms. The highest BCUT2D eigenvalue weighted by molar-refractivity contribution is 7.87. The van der Waals surface area contributed by atoms with Crippen molar-refractivity contribution in [2.24, 2.45) is 4.74 Å². The molecular weight excluding hydrogens is 441 g/mol. The maximum Gasteiger partial charge on any atom is 0.326 e. The molecule has 3 amide bonds. The molecule has 5 rings (SSSR count). The lowest BCUT2D eigenvalue weighted by atomic mass is 10.1. The molecule has 2 N–H and O–H groups in total. The van der Waals surface area contributed by atoms with Crippen molar-refractivity contribution in [3.05, 3.63) is 127 Å². The predicted octanol–water partition coefficient (Wildman–Crippen LogP) is 4.68. The van der Waals surface area contributed by atoms with Gasteiger partial charge in [0, 0.05) is 21.5 Å². The van der Waals surface area contributed by atoms with Crippen molar-refractivity contribution < 1.29 is 9.59 Å². The van der Waals surface area contributed by atoms with Crippen LogP contribution in [-0.2, 0) is 4.79 Å². The van der Waals surface area contributed by atoms with Gasteiger partial charge in [-0.25, -0.2) is 4.79 Å². The second-order valence-corrected chi connectivity index (χ2v) is 10.8. The van der Waals surface area contributed by atoms with Gasteiger partial charge >= 0.3 is 6.03 Å². The quantitative estimate of drug-likeness (QED) is 0.256. The SMILES string of the molecule is O=C1NC(=O)/C(=C/c2ccccc2N=P(c2ccccc2)(c2ccccc2)c2ccccc2)N1. The lowest BCUT2D eigenvalue weighted by Crippen LogP contribution is -2.25. The number of amides is 3. The Balaban J connectivity index is 1.83. The third-order valence-electron chi connectivity index (χ3n) is 5.60. The van der Waals surface area contributed by atoms with Crippen molar-refractivity contribution >= 4 is 46.7 Å². The van der Waals surface area contributed by atoms with Gasteiger partial charge in [0.1, 0.15) is 5.70 Å². The minimum atomic E-state index is -2.47. The summed E-state index contributed by atoms with van der Waals surface area (Å²) >= 11 is 0. The fourth-order valence-corrected chi connectivity index (χ4v) is 7.61. The molecular formula is C28H22N3O2P. The van der Waals surface area contributed by atoms with E-state index in [4.69, 9.17) is 4.74 Å². The summed E-state index contributed by atoms with van der Waals surface area (Å²) in [7, 11) is -2.47. The number of benzene rings is 4. The molecule has 4 aromatic rings. The lowest BCUT2D eigenvalue weighted by Gasteiger charge is -2.27. The highest BCUT2D eigenvalue weighted by Crippen LogP contribution is 2.49. The summed E-state index contributed by atoms with van der Waals surface area (Å²) in [6.45, 7) is 0. The molecule has 1 aliphatic heterocycles. The summed E-state index contributed by atoms with van der Waals surface area (Å²) < 4.78 is 5.51. The van der Waals surface area contributed by atoms with E-state index in [1.807, 2.05) is 78.9 Å². The third kappa shape index (κ3) is 4.09. The summed E-state index contributed by atoms with van der Waals surface area (Å²) in [5, 5.41) is 8.20. The Labute approximate surface area is 198 Å². The fraction of sp³-hybridized carbons (Fsp3) is 0. The summed E-state index contributed by atoms with van der Waals surface area (Å²) in [6, 6.07) is 38.2. The number of carbonyl (C=O) groups excluding carboxylic acids is 2. The van der Waals surface area contributed by atoms with E-state index in [1.54, 1.807) is 6.08 Å². The molecule has 0 saturated carbocycles. The van der Waals surface area contributed by atoms with Crippen molar-refractivity contribution in [3.8, 4) is 0 Å². The highest BCUT2D eigenvalue weighted by atomic mass is 31.2. The van der Waals surface area contributed by atoms with Crippen LogP contribution in [0, 0.1) is 0 Å². The Kier molecular flexibility index (Phi) is 5.94. The number of urea groups is 1. The minimum Gasteiger partial charge on any atom is -0.303 e. The van der Waals surface area contributed by atoms with Crippen LogP contribution in [0.2, 0.25) is 0 Å². The van der Waals surface area contributed by atoms with Crippen LogP contribution in [0.25, 0.3) is 6.08 Å². The molecule has 4 aromatic carbocycles. The zero-order chi connectivity index (χ0) is 23.4. The lowest BCUT2D eigenvalue weighted by molar-refractivity contribution is -0.115. The third-order valence-corrected chi connectivity index (χ3v) is 9.26. The topological polar surface area (TPSA) is 70.6 Å². The zero-order valence-electron chi connectivity index (χ0n) is 18.3. The van der Waals surface area contributed by atoms with Gasteiger partial charge in [-0.05, 0) is 12.1 Å². The van der Waals surface area contributed by atoms with Crippen LogP contribution in [0.15, 0.2) is 126 Å². The van der Waals surface area contributed by atoms with Gasteiger partial charge in [0.2, 0.25) is 0 Å². The predicted molar refractivity (Wildman–Crippen MR) is 138 cm³/mol. The van der Waals surface area contributed by atoms with E-state index >= 15 is 0 Å². The normalized spacial score (nSPS) is 14.5. The van der Waals surface area contributed by atoms with E-state index in [1.165, 1.54) is 0 Å². The molecule has 1 saturated heterocycles. The molecule has 0 radical (unpaired) electrons. The summed E-state index contributed by atoms with van der Waals surface area (Å²) in [5.41, 5.74) is 1.70. The van der Waals surface area contributed by atoms with Crippen LogP contribution in [-0.4, -0.2) is 11.9 Å². The molecule has 0 bridgehead atoms. The molecule has 34 heavy (non-hydrogen) atoms. The van der Waals surface area contributed by atoms with Crippen molar-refractivity contribution in [2.45, 2.75) is 0 Å². The first kappa shape index (κ1) is 21.6. The van der Waals surface area contributed by atoms with Crippen LogP contribution >= 0.6 is 7.05 Å². The van der Waals surface area contributed by atoms with Crippen LogP contribution in [0.4, 0.5) is 10.5 Å². The average molecular weight is 463 g/mol. The first-order chi connectivity index (χ1) is 16.7. The largest absolute Gasteiger partial charge is 0.326 e. The second kappa shape index (κ2) is 9.34. The molecule has 0 atom stereocenters. The molecule has 0 unspecified atom stereocenters. The Morgan fingerprint density at radius 3 is 1.53 bits per heavy atom. The van der Waals surface area contributed by atoms with Crippen LogP contribution in [0.3, 0.4) is 0 Å². The number of rotatable bonds is 5. The smallest absolute Gasteiger partial charge is 0.303 e. The first-order valence-corrected chi connectivity index (χ1v) is 12.6. The maximum absolute atomic E-state index is 12.2. The van der Waals surface area contributed by atoms with Crippen molar-refractivity contribution in [1.29, 1.82) is 0 Å². The number of nitrogens with one attached hydrogen (secondary N) is 2. The van der Waals surface area contributed by atoms with Gasteiger partial charge in [-0.3, -0.25) is 14.9 Å². The number of imide groups is 1. The number of carbonyl (C=O) groups is 2. The first-order valence-electron chi connectivity index (χ1n) is 10.9. The Hall–Kier alpha value is -4.21. The van der Waals surface area contributed by atoms with Gasteiger partial charge in [0.05, 0.1) is 12.7 Å². The van der Waals surface area contributed by atoms with E-state index in [2.05, 4.69) is 47.0 Å². The monoisotopic (exact) mass is 463 g/mol. The van der Waals surface area contributed by atoms with E-state index in [0.29, 0.717) is 0 Å². The van der Waals surface area contributed by atoms with Crippen LogP contribution in [0.1, 0.15) is 5.56 Å². The fourth-order valence-electron chi connectivity index (χ4n) is 4.05. The van der Waals surface area contributed by atoms with Crippen LogP contribution < -0.4 is 26.5 Å². The van der Waals surface area contributed by atoms with Gasteiger partial charge < -0.3 is 5.32 Å². The van der Waals surface area contributed by atoms with E-state index in [9.17, 15) is 9.59 Å². The molecule has 0 spiro atoms. The Morgan fingerprint density at radius 2 is 1.06 bits per heavy atom. The molecule has 1 fully saturated rings. The zero-order valence-corrected chi connectivity index (χ0v) is 19.2. The van der Waals surface area contributed by atoms with Crippen LogP contribution in [0.5, 0.6) is 0 Å². The summed E-state index contributed by atoms with van der Waals surface area (Å²) in [4.78, 5) is 23.8. The summed E-state index contributed by atoms with van der Waals surface area (Å²) in [6.07, 6.45) is 1.68. The second-order valence-electron chi connectivity index (χ2n) is 7.77. The van der Waals surface area contributed by atoms with Crippen molar-refractivity contribution in [2.75, 3.05) is 0 Å². The molecule has 0 aliphatic carbocycles. The van der Waals surface area contributed by atoms with Gasteiger partial charge in [0.25, 0.3) is 5.91 Å². The number of nitrogens with zero attached hydrogens (tertiary/aromatic N) is 1. The molecule has 1 heterocycles. The van der Waals surface area contributed by atoms with E-state index in [-0.39, 0.29) is 5.70 Å². The number of hydrogen-bond acceptors (Lipinski definition) is 3. The molecule has 0 aromatic heterocycles. The minimum absolute atomic E-state index is 0.204. The van der Waals surface area contributed by atoms with Gasteiger partial charge in [-0.2, -0.15) is 0 Å². The van der Waals surface area contributed by atoms with Crippen molar-refractivity contribution in [3.63, 3.8) is 0 Å². The summed E-state index contributed by atoms with van der Waals surface area (Å²) in [5.74, 6) is -0.449. The molecule has 1 aliphatic rings. The highest BCUT2D eigenvalue weighted by Gasteiger charge is 2.28. The van der Waals surface area contributed by atoms with E-state index < -0.39 is 19.0 Å².